The highest BCUT2D eigenvalue weighted by molar-refractivity contribution is 5.75. The number of carbonyl (C=O) groups is 1. The van der Waals surface area contributed by atoms with Crippen LogP contribution in [0.25, 0.3) is 5.69 Å². The topological polar surface area (TPSA) is 47.4 Å². The first-order chi connectivity index (χ1) is 11.8. The molecule has 0 amide bonds. The largest absolute Gasteiger partial charge is 0.367 e. The Balaban J connectivity index is 1.69. The van der Waals surface area contributed by atoms with Crippen LogP contribution in [0.5, 0.6) is 0 Å². The van der Waals surface area contributed by atoms with E-state index in [9.17, 15) is 9.18 Å². The van der Waals surface area contributed by atoms with Gasteiger partial charge in [-0.05, 0) is 51.8 Å². The van der Waals surface area contributed by atoms with Crippen molar-refractivity contribution in [3.05, 3.63) is 48.3 Å². The van der Waals surface area contributed by atoms with Crippen molar-refractivity contribution in [2.24, 2.45) is 5.41 Å². The second kappa shape index (κ2) is 6.96. The van der Waals surface area contributed by atoms with Gasteiger partial charge in [-0.3, -0.25) is 0 Å². The van der Waals surface area contributed by atoms with Gasteiger partial charge < -0.3 is 9.40 Å². The second-order valence-corrected chi connectivity index (χ2v) is 7.54. The number of aromatic nitrogens is 2. The molecule has 2 heterocycles. The fourth-order valence-corrected chi connectivity index (χ4v) is 2.85. The average Bonchev–Trinajstić information content (AvgIpc) is 3.04. The van der Waals surface area contributed by atoms with Crippen LogP contribution in [-0.4, -0.2) is 33.7 Å². The predicted molar refractivity (Wildman–Crippen MR) is 92.6 cm³/mol. The highest BCUT2D eigenvalue weighted by Gasteiger charge is 2.30. The zero-order chi connectivity index (χ0) is 18.0. The third-order valence-electron chi connectivity index (χ3n) is 4.34. The number of halogens is 1. The van der Waals surface area contributed by atoms with Crippen LogP contribution in [0.1, 0.15) is 45.2 Å². The van der Waals surface area contributed by atoms with E-state index in [4.69, 9.17) is 4.84 Å². The summed E-state index contributed by atoms with van der Waals surface area (Å²) in [6, 6.07) is 6.42. The molecular weight excluding hydrogens is 321 g/mol. The number of hydrogen-bond acceptors (Lipinski definition) is 4. The van der Waals surface area contributed by atoms with E-state index in [1.807, 2.05) is 37.6 Å². The molecule has 2 aromatic rings. The minimum absolute atomic E-state index is 0.191. The van der Waals surface area contributed by atoms with Gasteiger partial charge in [0.05, 0.1) is 17.4 Å². The molecule has 1 atom stereocenters. The molecule has 0 N–H and O–H groups in total. The molecule has 1 aliphatic rings. The van der Waals surface area contributed by atoms with Crippen molar-refractivity contribution in [2.45, 2.75) is 39.5 Å². The molecule has 5 nitrogen and oxygen atoms in total. The molecule has 1 aromatic heterocycles. The van der Waals surface area contributed by atoms with E-state index < -0.39 is 5.41 Å². The molecule has 0 aliphatic carbocycles. The quantitative estimate of drug-likeness (QED) is 0.851. The molecule has 1 unspecified atom stereocenters. The predicted octanol–water partition coefficient (Wildman–Crippen LogP) is 3.70. The van der Waals surface area contributed by atoms with Gasteiger partial charge in [0.15, 0.2) is 0 Å². The van der Waals surface area contributed by atoms with Crippen molar-refractivity contribution < 1.29 is 14.0 Å². The number of hydrogen-bond donors (Lipinski definition) is 0. The fourth-order valence-electron chi connectivity index (χ4n) is 2.85. The number of hydroxylamine groups is 2. The normalized spacial score (nSPS) is 19.0. The van der Waals surface area contributed by atoms with Gasteiger partial charge in [0.25, 0.3) is 0 Å². The summed E-state index contributed by atoms with van der Waals surface area (Å²) in [4.78, 5) is 22.1. The lowest BCUT2D eigenvalue weighted by molar-refractivity contribution is -0.205. The van der Waals surface area contributed by atoms with Crippen LogP contribution in [0.3, 0.4) is 0 Å². The van der Waals surface area contributed by atoms with Gasteiger partial charge in [0.2, 0.25) is 0 Å². The zero-order valence-electron chi connectivity index (χ0n) is 14.9. The maximum atomic E-state index is 13.4. The van der Waals surface area contributed by atoms with Gasteiger partial charge in [0, 0.05) is 30.9 Å². The Bertz CT molecular complexity index is 751. The maximum Gasteiger partial charge on any atom is 0.330 e. The van der Waals surface area contributed by atoms with Crippen LogP contribution in [-0.2, 0) is 9.63 Å². The number of benzene rings is 1. The maximum absolute atomic E-state index is 13.4. The molecule has 25 heavy (non-hydrogen) atoms. The molecule has 1 saturated heterocycles. The van der Waals surface area contributed by atoms with Crippen molar-refractivity contribution in [3.63, 3.8) is 0 Å². The highest BCUT2D eigenvalue weighted by atomic mass is 19.1. The molecule has 1 aromatic carbocycles. The van der Waals surface area contributed by atoms with Crippen LogP contribution in [0, 0.1) is 11.2 Å². The van der Waals surface area contributed by atoms with E-state index >= 15 is 0 Å². The Hall–Kier alpha value is -2.21. The fraction of sp³-hybridized carbons (Fsp3) is 0.474. The van der Waals surface area contributed by atoms with E-state index in [0.29, 0.717) is 6.54 Å². The lowest BCUT2D eigenvalue weighted by atomic mass is 9.96. The van der Waals surface area contributed by atoms with Gasteiger partial charge in [-0.15, -0.1) is 5.06 Å². The Morgan fingerprint density at radius 3 is 2.88 bits per heavy atom. The van der Waals surface area contributed by atoms with Gasteiger partial charge >= 0.3 is 5.97 Å². The van der Waals surface area contributed by atoms with E-state index in [-0.39, 0.29) is 17.7 Å². The third-order valence-corrected chi connectivity index (χ3v) is 4.34. The molecule has 3 rings (SSSR count). The standard InChI is InChI=1S/C19H24FN3O2/c1-19(2,3)18(24)25-23-9-5-6-14(11-23)17-12-22(13-21-17)16-8-4-7-15(20)10-16/h4,7-8,10,12-14H,5-6,9,11H2,1-3H3. The Kier molecular flexibility index (Phi) is 4.90. The van der Waals surface area contributed by atoms with Crippen molar-refractivity contribution in [1.29, 1.82) is 0 Å². The minimum Gasteiger partial charge on any atom is -0.367 e. The van der Waals surface area contributed by atoms with E-state index in [0.717, 1.165) is 30.8 Å². The van der Waals surface area contributed by atoms with E-state index in [2.05, 4.69) is 4.98 Å². The Labute approximate surface area is 147 Å². The van der Waals surface area contributed by atoms with Crippen molar-refractivity contribution in [2.75, 3.05) is 13.1 Å². The summed E-state index contributed by atoms with van der Waals surface area (Å²) in [5, 5.41) is 1.74. The van der Waals surface area contributed by atoms with Crippen LogP contribution < -0.4 is 0 Å². The highest BCUT2D eigenvalue weighted by Crippen LogP contribution is 2.27. The van der Waals surface area contributed by atoms with Crippen LogP contribution in [0.2, 0.25) is 0 Å². The first-order valence-corrected chi connectivity index (χ1v) is 8.60. The van der Waals surface area contributed by atoms with Gasteiger partial charge in [0.1, 0.15) is 5.82 Å². The SMILES string of the molecule is CC(C)(C)C(=O)ON1CCCC(c2cn(-c3cccc(F)c3)cn2)C1. The van der Waals surface area contributed by atoms with Gasteiger partial charge in [-0.1, -0.05) is 6.07 Å². The molecule has 0 radical (unpaired) electrons. The van der Waals surface area contributed by atoms with Crippen molar-refractivity contribution >= 4 is 5.97 Å². The second-order valence-electron chi connectivity index (χ2n) is 7.54. The monoisotopic (exact) mass is 345 g/mol. The molecule has 1 fully saturated rings. The lowest BCUT2D eigenvalue weighted by Crippen LogP contribution is -2.39. The Morgan fingerprint density at radius 1 is 1.36 bits per heavy atom. The Morgan fingerprint density at radius 2 is 2.16 bits per heavy atom. The smallest absolute Gasteiger partial charge is 0.330 e. The average molecular weight is 345 g/mol. The minimum atomic E-state index is -0.522. The lowest BCUT2D eigenvalue weighted by Gasteiger charge is -2.32. The molecular formula is C19H24FN3O2. The molecule has 0 spiro atoms. The summed E-state index contributed by atoms with van der Waals surface area (Å²) in [5.74, 6) is -0.305. The molecule has 0 saturated carbocycles. The number of nitrogens with zero attached hydrogens (tertiary/aromatic N) is 3. The van der Waals surface area contributed by atoms with Crippen LogP contribution in [0.15, 0.2) is 36.8 Å². The van der Waals surface area contributed by atoms with Crippen LogP contribution >= 0.6 is 0 Å². The number of piperidine rings is 1. The summed E-state index contributed by atoms with van der Waals surface area (Å²) in [6.07, 6.45) is 5.55. The van der Waals surface area contributed by atoms with Crippen molar-refractivity contribution in [1.82, 2.24) is 14.6 Å². The summed E-state index contributed by atoms with van der Waals surface area (Å²) in [7, 11) is 0. The molecule has 0 bridgehead atoms. The summed E-state index contributed by atoms with van der Waals surface area (Å²) >= 11 is 0. The van der Waals surface area contributed by atoms with E-state index in [1.54, 1.807) is 17.5 Å². The van der Waals surface area contributed by atoms with Crippen molar-refractivity contribution in [3.8, 4) is 5.69 Å². The molecule has 1 aliphatic heterocycles. The number of carbonyl (C=O) groups excluding carboxylic acids is 1. The van der Waals surface area contributed by atoms with Gasteiger partial charge in [-0.2, -0.15) is 0 Å². The summed E-state index contributed by atoms with van der Waals surface area (Å²) in [5.41, 5.74) is 1.15. The third kappa shape index (κ3) is 4.25. The van der Waals surface area contributed by atoms with Crippen LogP contribution in [0.4, 0.5) is 4.39 Å². The first-order valence-electron chi connectivity index (χ1n) is 8.60. The molecule has 134 valence electrons. The first kappa shape index (κ1) is 17.6. The zero-order valence-corrected chi connectivity index (χ0v) is 14.9. The van der Waals surface area contributed by atoms with Gasteiger partial charge in [-0.25, -0.2) is 14.2 Å². The summed E-state index contributed by atoms with van der Waals surface area (Å²) in [6.45, 7) is 6.90. The number of rotatable bonds is 3. The molecule has 6 heteroatoms. The number of imidazole rings is 1. The van der Waals surface area contributed by atoms with E-state index in [1.165, 1.54) is 12.1 Å². The summed E-state index contributed by atoms with van der Waals surface area (Å²) < 4.78 is 15.2.